The van der Waals surface area contributed by atoms with Crippen molar-refractivity contribution >= 4 is 29.9 Å². The minimum Gasteiger partial charge on any atom is -0.492 e. The van der Waals surface area contributed by atoms with Gasteiger partial charge in [0.25, 0.3) is 0 Å². The molecule has 2 N–H and O–H groups in total. The maximum Gasteiger partial charge on any atom is 0.237 e. The van der Waals surface area contributed by atoms with Gasteiger partial charge in [0.05, 0.1) is 23.7 Å². The molecule has 3 aliphatic rings. The monoisotopic (exact) mass is 370 g/mol. The number of fused-ring (bicyclic) bond motifs is 2. The predicted octanol–water partition coefficient (Wildman–Crippen LogP) is 3.62. The van der Waals surface area contributed by atoms with Gasteiger partial charge in [-0.05, 0) is 31.2 Å². The van der Waals surface area contributed by atoms with Gasteiger partial charge in [0.2, 0.25) is 5.91 Å². The van der Waals surface area contributed by atoms with E-state index in [1.165, 1.54) is 25.7 Å². The van der Waals surface area contributed by atoms with Gasteiger partial charge in [0.15, 0.2) is 0 Å². The number of nitrogens with one attached hydrogen (secondary N) is 2. The first-order valence-electron chi connectivity index (χ1n) is 8.70. The number of benzene rings is 1. The lowest BCUT2D eigenvalue weighted by Gasteiger charge is -2.28. The second-order valence-electron chi connectivity index (χ2n) is 6.96. The first kappa shape index (κ1) is 17.8. The Hall–Kier alpha value is -0.970. The number of halogens is 2. The van der Waals surface area contributed by atoms with Crippen molar-refractivity contribution in [1.29, 1.82) is 0 Å². The molecule has 1 aliphatic carbocycles. The highest BCUT2D eigenvalue weighted by molar-refractivity contribution is 6.32. The Balaban J connectivity index is 0.00000169. The highest BCUT2D eigenvalue weighted by Gasteiger charge is 2.39. The average Bonchev–Trinajstić information content (AvgIpc) is 3.00. The minimum atomic E-state index is -0.0476. The van der Waals surface area contributed by atoms with Crippen molar-refractivity contribution in [3.05, 3.63) is 28.8 Å². The largest absolute Gasteiger partial charge is 0.492 e. The smallest absolute Gasteiger partial charge is 0.237 e. The molecule has 0 radical (unpaired) electrons. The van der Waals surface area contributed by atoms with Crippen LogP contribution in [0.5, 0.6) is 5.75 Å². The average molecular weight is 371 g/mol. The van der Waals surface area contributed by atoms with Crippen molar-refractivity contribution in [3.63, 3.8) is 0 Å². The summed E-state index contributed by atoms with van der Waals surface area (Å²) in [6.45, 7) is 0.588. The molecule has 4 rings (SSSR count). The second-order valence-corrected chi connectivity index (χ2v) is 7.37. The van der Waals surface area contributed by atoms with Crippen LogP contribution in [0.4, 0.5) is 0 Å². The topological polar surface area (TPSA) is 50.4 Å². The number of para-hydroxylation sites is 1. The molecule has 24 heavy (non-hydrogen) atoms. The van der Waals surface area contributed by atoms with Crippen molar-refractivity contribution in [2.24, 2.45) is 5.92 Å². The van der Waals surface area contributed by atoms with Crippen LogP contribution in [0.2, 0.25) is 5.02 Å². The number of hydrogen-bond acceptors (Lipinski definition) is 3. The number of carbonyl (C=O) groups excluding carboxylic acids is 1. The standard InChI is InChI=1S/C18H23ClN2O2.ClH/c19-13-6-3-5-12-15(8-9-23-17(12)13)21-18(22)16-10-11-4-1-2-7-14(11)20-16;/h3,5-6,11,14-16,20H,1-2,4,7-10H2,(H,21,22);1H. The normalized spacial score (nSPS) is 31.2. The molecule has 0 aromatic heterocycles. The van der Waals surface area contributed by atoms with Gasteiger partial charge in [-0.3, -0.25) is 4.79 Å². The molecule has 4 atom stereocenters. The van der Waals surface area contributed by atoms with Gasteiger partial charge in [0.1, 0.15) is 5.75 Å². The third kappa shape index (κ3) is 3.37. The van der Waals surface area contributed by atoms with Gasteiger partial charge in [-0.1, -0.05) is 36.6 Å². The van der Waals surface area contributed by atoms with Gasteiger partial charge in [-0.15, -0.1) is 12.4 Å². The summed E-state index contributed by atoms with van der Waals surface area (Å²) in [7, 11) is 0. The van der Waals surface area contributed by atoms with E-state index in [0.29, 0.717) is 23.6 Å². The van der Waals surface area contributed by atoms with Crippen molar-refractivity contribution < 1.29 is 9.53 Å². The molecule has 2 fully saturated rings. The van der Waals surface area contributed by atoms with Crippen LogP contribution in [0.1, 0.15) is 50.1 Å². The van der Waals surface area contributed by atoms with E-state index >= 15 is 0 Å². The molecule has 2 aliphatic heterocycles. The molecule has 4 nitrogen and oxygen atoms in total. The van der Waals surface area contributed by atoms with Crippen LogP contribution in [-0.2, 0) is 4.79 Å². The molecule has 1 saturated heterocycles. The van der Waals surface area contributed by atoms with Gasteiger partial charge >= 0.3 is 0 Å². The Labute approximate surface area is 154 Å². The summed E-state index contributed by atoms with van der Waals surface area (Å²) in [6, 6.07) is 6.22. The van der Waals surface area contributed by atoms with Crippen molar-refractivity contribution in [1.82, 2.24) is 10.6 Å². The van der Waals surface area contributed by atoms with Crippen LogP contribution >= 0.6 is 24.0 Å². The van der Waals surface area contributed by atoms with Gasteiger partial charge < -0.3 is 15.4 Å². The molecule has 0 spiro atoms. The fraction of sp³-hybridized carbons (Fsp3) is 0.611. The zero-order valence-corrected chi connectivity index (χ0v) is 15.2. The van der Waals surface area contributed by atoms with Crippen molar-refractivity contribution in [2.75, 3.05) is 6.61 Å². The van der Waals surface area contributed by atoms with Crippen molar-refractivity contribution in [2.45, 2.75) is 56.7 Å². The number of rotatable bonds is 2. The van der Waals surface area contributed by atoms with Crippen LogP contribution in [0.15, 0.2) is 18.2 Å². The number of carbonyl (C=O) groups is 1. The number of hydrogen-bond donors (Lipinski definition) is 2. The Bertz CT molecular complexity index is 597. The molecule has 1 aromatic carbocycles. The minimum absolute atomic E-state index is 0. The van der Waals surface area contributed by atoms with Crippen LogP contribution in [0.25, 0.3) is 0 Å². The van der Waals surface area contributed by atoms with E-state index in [1.54, 1.807) is 0 Å². The molecule has 0 bridgehead atoms. The Kier molecular flexibility index (Phi) is 5.58. The van der Waals surface area contributed by atoms with E-state index in [-0.39, 0.29) is 30.4 Å². The SMILES string of the molecule is Cl.O=C(NC1CCOc2c(Cl)cccc21)C1CC2CCCCC2N1. The summed E-state index contributed by atoms with van der Waals surface area (Å²) >= 11 is 6.20. The number of amides is 1. The maximum atomic E-state index is 12.7. The Morgan fingerprint density at radius 1 is 1.25 bits per heavy atom. The summed E-state index contributed by atoms with van der Waals surface area (Å²) < 4.78 is 5.67. The molecule has 4 unspecified atom stereocenters. The highest BCUT2D eigenvalue weighted by atomic mass is 35.5. The Morgan fingerprint density at radius 3 is 2.92 bits per heavy atom. The first-order chi connectivity index (χ1) is 11.2. The number of ether oxygens (including phenoxy) is 1. The van der Waals surface area contributed by atoms with Gasteiger partial charge in [-0.25, -0.2) is 0 Å². The lowest BCUT2D eigenvalue weighted by Crippen LogP contribution is -2.45. The van der Waals surface area contributed by atoms with E-state index in [9.17, 15) is 4.79 Å². The van der Waals surface area contributed by atoms with E-state index < -0.39 is 0 Å². The third-order valence-electron chi connectivity index (χ3n) is 5.52. The highest BCUT2D eigenvalue weighted by Crippen LogP contribution is 2.38. The van der Waals surface area contributed by atoms with Crippen LogP contribution in [0, 0.1) is 5.92 Å². The molecule has 2 heterocycles. The third-order valence-corrected chi connectivity index (χ3v) is 5.82. The summed E-state index contributed by atoms with van der Waals surface area (Å²) in [5, 5.41) is 7.38. The molecule has 1 amide bonds. The molecular formula is C18H24Cl2N2O2. The fourth-order valence-electron chi connectivity index (χ4n) is 4.33. The first-order valence-corrected chi connectivity index (χ1v) is 9.08. The lowest BCUT2D eigenvalue weighted by molar-refractivity contribution is -0.123. The van der Waals surface area contributed by atoms with E-state index in [1.807, 2.05) is 18.2 Å². The fourth-order valence-corrected chi connectivity index (χ4v) is 4.57. The zero-order valence-electron chi connectivity index (χ0n) is 13.6. The van der Waals surface area contributed by atoms with Crippen LogP contribution < -0.4 is 15.4 Å². The molecule has 1 saturated carbocycles. The summed E-state index contributed by atoms with van der Waals surface area (Å²) in [6.07, 6.45) is 6.83. The summed E-state index contributed by atoms with van der Waals surface area (Å²) in [5.74, 6) is 1.52. The zero-order chi connectivity index (χ0) is 15.8. The quantitative estimate of drug-likeness (QED) is 0.835. The molecule has 132 valence electrons. The van der Waals surface area contributed by atoms with E-state index in [2.05, 4.69) is 10.6 Å². The van der Waals surface area contributed by atoms with Crippen LogP contribution in [-0.4, -0.2) is 24.6 Å². The lowest BCUT2D eigenvalue weighted by atomic mass is 9.85. The van der Waals surface area contributed by atoms with Gasteiger partial charge in [-0.2, -0.15) is 0 Å². The van der Waals surface area contributed by atoms with Gasteiger partial charge in [0, 0.05) is 18.0 Å². The molecule has 1 aromatic rings. The summed E-state index contributed by atoms with van der Waals surface area (Å²) in [4.78, 5) is 12.7. The van der Waals surface area contributed by atoms with Crippen LogP contribution in [0.3, 0.4) is 0 Å². The summed E-state index contributed by atoms with van der Waals surface area (Å²) in [5.41, 5.74) is 0.993. The Morgan fingerprint density at radius 2 is 2.08 bits per heavy atom. The van der Waals surface area contributed by atoms with E-state index in [4.69, 9.17) is 16.3 Å². The molecular weight excluding hydrogens is 347 g/mol. The molecule has 6 heteroatoms. The predicted molar refractivity (Wildman–Crippen MR) is 97.0 cm³/mol. The second kappa shape index (κ2) is 7.51. The maximum absolute atomic E-state index is 12.7. The van der Waals surface area contributed by atoms with Crippen molar-refractivity contribution in [3.8, 4) is 5.75 Å². The van der Waals surface area contributed by atoms with E-state index in [0.717, 1.165) is 24.2 Å².